The minimum absolute atomic E-state index is 0.107. The van der Waals surface area contributed by atoms with Crippen LogP contribution in [0, 0.1) is 12.8 Å². The third-order valence-electron chi connectivity index (χ3n) is 5.66. The quantitative estimate of drug-likeness (QED) is 0.710. The molecule has 0 spiro atoms. The van der Waals surface area contributed by atoms with E-state index in [4.69, 9.17) is 16.3 Å². The molecule has 1 aromatic carbocycles. The van der Waals surface area contributed by atoms with Crippen LogP contribution in [-0.2, 0) is 24.9 Å². The molecule has 6 nitrogen and oxygen atoms in total. The Balaban J connectivity index is 1.43. The van der Waals surface area contributed by atoms with Gasteiger partial charge in [0.25, 0.3) is 0 Å². The molecular weight excluding hydrogens is 388 g/mol. The van der Waals surface area contributed by atoms with Gasteiger partial charge in [-0.1, -0.05) is 23.7 Å². The number of halogens is 1. The van der Waals surface area contributed by atoms with Gasteiger partial charge in [-0.3, -0.25) is 14.4 Å². The van der Waals surface area contributed by atoms with Crippen molar-refractivity contribution in [2.24, 2.45) is 13.0 Å². The first kappa shape index (κ1) is 21.7. The molecule has 0 unspecified atom stereocenters. The SMILES string of the molecule is COc1cccc(CNC(=O)CC[C@@H]2CCCN(Cc3c(C)nn(C)c3Cl)C2)c1. The van der Waals surface area contributed by atoms with E-state index in [1.165, 1.54) is 6.42 Å². The Labute approximate surface area is 178 Å². The highest BCUT2D eigenvalue weighted by Gasteiger charge is 2.23. The van der Waals surface area contributed by atoms with E-state index in [0.717, 1.165) is 60.2 Å². The molecule has 2 aromatic rings. The van der Waals surface area contributed by atoms with Crippen LogP contribution in [0.4, 0.5) is 0 Å². The van der Waals surface area contributed by atoms with Crippen LogP contribution in [0.3, 0.4) is 0 Å². The van der Waals surface area contributed by atoms with Crippen molar-refractivity contribution in [3.8, 4) is 5.75 Å². The second kappa shape index (κ2) is 10.1. The summed E-state index contributed by atoms with van der Waals surface area (Å²) in [6.07, 6.45) is 3.82. The summed E-state index contributed by atoms with van der Waals surface area (Å²) >= 11 is 6.39. The maximum Gasteiger partial charge on any atom is 0.220 e. The first-order chi connectivity index (χ1) is 14.0. The number of nitrogens with one attached hydrogen (secondary N) is 1. The monoisotopic (exact) mass is 418 g/mol. The Morgan fingerprint density at radius 1 is 1.41 bits per heavy atom. The number of carbonyl (C=O) groups is 1. The molecule has 1 aliphatic heterocycles. The fourth-order valence-electron chi connectivity index (χ4n) is 4.01. The van der Waals surface area contributed by atoms with E-state index in [1.807, 2.05) is 38.2 Å². The molecule has 1 N–H and O–H groups in total. The number of benzene rings is 1. The average Bonchev–Trinajstić information content (AvgIpc) is 2.97. The average molecular weight is 419 g/mol. The third-order valence-corrected chi connectivity index (χ3v) is 6.13. The Morgan fingerprint density at radius 3 is 2.97 bits per heavy atom. The fraction of sp³-hybridized carbons (Fsp3) is 0.545. The number of piperidine rings is 1. The lowest BCUT2D eigenvalue weighted by molar-refractivity contribution is -0.121. The molecule has 0 radical (unpaired) electrons. The first-order valence-corrected chi connectivity index (χ1v) is 10.6. The molecule has 7 heteroatoms. The van der Waals surface area contributed by atoms with Gasteiger partial charge in [0, 0.05) is 38.7 Å². The summed E-state index contributed by atoms with van der Waals surface area (Å²) in [4.78, 5) is 14.7. The summed E-state index contributed by atoms with van der Waals surface area (Å²) in [7, 11) is 3.52. The summed E-state index contributed by atoms with van der Waals surface area (Å²) in [6.45, 7) is 5.45. The van der Waals surface area contributed by atoms with Crippen molar-refractivity contribution in [3.05, 3.63) is 46.2 Å². The van der Waals surface area contributed by atoms with Gasteiger partial charge in [-0.2, -0.15) is 5.10 Å². The molecule has 1 amide bonds. The summed E-state index contributed by atoms with van der Waals surface area (Å²) in [5.41, 5.74) is 3.16. The fourth-order valence-corrected chi connectivity index (χ4v) is 4.25. The van der Waals surface area contributed by atoms with Gasteiger partial charge in [-0.05, 0) is 56.3 Å². The van der Waals surface area contributed by atoms with E-state index in [1.54, 1.807) is 11.8 Å². The van der Waals surface area contributed by atoms with Gasteiger partial charge in [0.1, 0.15) is 10.9 Å². The maximum absolute atomic E-state index is 12.3. The van der Waals surface area contributed by atoms with E-state index in [2.05, 4.69) is 15.3 Å². The van der Waals surface area contributed by atoms with Crippen LogP contribution in [0.15, 0.2) is 24.3 Å². The van der Waals surface area contributed by atoms with Crippen LogP contribution in [0.1, 0.15) is 42.5 Å². The van der Waals surface area contributed by atoms with E-state index >= 15 is 0 Å². The van der Waals surface area contributed by atoms with Crippen molar-refractivity contribution in [1.29, 1.82) is 0 Å². The molecule has 1 atom stereocenters. The number of carbonyl (C=O) groups excluding carboxylic acids is 1. The van der Waals surface area contributed by atoms with E-state index in [0.29, 0.717) is 18.9 Å². The number of rotatable bonds is 8. The highest BCUT2D eigenvalue weighted by Crippen LogP contribution is 2.26. The van der Waals surface area contributed by atoms with E-state index < -0.39 is 0 Å². The minimum Gasteiger partial charge on any atom is -0.497 e. The number of hydrogen-bond acceptors (Lipinski definition) is 4. The zero-order chi connectivity index (χ0) is 20.8. The Hall–Kier alpha value is -2.05. The maximum atomic E-state index is 12.3. The van der Waals surface area contributed by atoms with Gasteiger partial charge < -0.3 is 10.1 Å². The van der Waals surface area contributed by atoms with Gasteiger partial charge in [0.15, 0.2) is 0 Å². The Morgan fingerprint density at radius 2 is 2.24 bits per heavy atom. The standard InChI is InChI=1S/C22H31ClN4O2/c1-16-20(22(23)26(2)25-16)15-27-11-5-7-17(14-27)9-10-21(28)24-13-18-6-4-8-19(12-18)29-3/h4,6,8,12,17H,5,7,9-11,13-15H2,1-3H3,(H,24,28)/t17-/m0/s1. The second-order valence-electron chi connectivity index (χ2n) is 7.89. The van der Waals surface area contributed by atoms with Gasteiger partial charge in [0.05, 0.1) is 12.8 Å². The van der Waals surface area contributed by atoms with Crippen LogP contribution >= 0.6 is 11.6 Å². The molecule has 0 aliphatic carbocycles. The van der Waals surface area contributed by atoms with Crippen molar-refractivity contribution in [2.75, 3.05) is 20.2 Å². The molecule has 1 fully saturated rings. The lowest BCUT2D eigenvalue weighted by Gasteiger charge is -2.32. The van der Waals surface area contributed by atoms with Gasteiger partial charge in [-0.15, -0.1) is 0 Å². The Kier molecular flexibility index (Phi) is 7.56. The zero-order valence-electron chi connectivity index (χ0n) is 17.6. The predicted octanol–water partition coefficient (Wildman–Crippen LogP) is 3.70. The molecule has 0 bridgehead atoms. The van der Waals surface area contributed by atoms with Crippen molar-refractivity contribution in [3.63, 3.8) is 0 Å². The number of methoxy groups -OCH3 is 1. The molecule has 158 valence electrons. The molecule has 29 heavy (non-hydrogen) atoms. The number of aromatic nitrogens is 2. The van der Waals surface area contributed by atoms with Crippen LogP contribution in [-0.4, -0.2) is 40.8 Å². The highest BCUT2D eigenvalue weighted by molar-refractivity contribution is 6.30. The van der Waals surface area contributed by atoms with Crippen LogP contribution in [0.25, 0.3) is 0 Å². The molecule has 1 saturated heterocycles. The lowest BCUT2D eigenvalue weighted by atomic mass is 9.93. The summed E-state index contributed by atoms with van der Waals surface area (Å²) in [5, 5.41) is 8.15. The number of hydrogen-bond donors (Lipinski definition) is 1. The summed E-state index contributed by atoms with van der Waals surface area (Å²) in [5.74, 6) is 1.46. The zero-order valence-corrected chi connectivity index (χ0v) is 18.3. The van der Waals surface area contributed by atoms with Gasteiger partial charge in [0.2, 0.25) is 5.91 Å². The topological polar surface area (TPSA) is 59.4 Å². The largest absolute Gasteiger partial charge is 0.497 e. The second-order valence-corrected chi connectivity index (χ2v) is 8.25. The van der Waals surface area contributed by atoms with Crippen LogP contribution in [0.2, 0.25) is 5.15 Å². The van der Waals surface area contributed by atoms with Crippen molar-refractivity contribution in [2.45, 2.75) is 45.7 Å². The number of ether oxygens (including phenoxy) is 1. The van der Waals surface area contributed by atoms with Gasteiger partial charge in [-0.25, -0.2) is 0 Å². The van der Waals surface area contributed by atoms with Crippen LogP contribution < -0.4 is 10.1 Å². The number of aryl methyl sites for hydroxylation is 2. The lowest BCUT2D eigenvalue weighted by Crippen LogP contribution is -2.35. The highest BCUT2D eigenvalue weighted by atomic mass is 35.5. The molecule has 2 heterocycles. The van der Waals surface area contributed by atoms with Crippen molar-refractivity contribution < 1.29 is 9.53 Å². The first-order valence-electron chi connectivity index (χ1n) is 10.3. The van der Waals surface area contributed by atoms with Crippen molar-refractivity contribution in [1.82, 2.24) is 20.0 Å². The van der Waals surface area contributed by atoms with E-state index in [9.17, 15) is 4.79 Å². The van der Waals surface area contributed by atoms with Crippen LogP contribution in [0.5, 0.6) is 5.75 Å². The molecule has 3 rings (SSSR count). The minimum atomic E-state index is 0.107. The molecule has 0 saturated carbocycles. The molecule has 1 aromatic heterocycles. The smallest absolute Gasteiger partial charge is 0.220 e. The summed E-state index contributed by atoms with van der Waals surface area (Å²) < 4.78 is 6.96. The Bertz CT molecular complexity index is 836. The number of amides is 1. The predicted molar refractivity (Wildman–Crippen MR) is 115 cm³/mol. The normalized spacial score (nSPS) is 17.3. The van der Waals surface area contributed by atoms with Gasteiger partial charge >= 0.3 is 0 Å². The summed E-state index contributed by atoms with van der Waals surface area (Å²) in [6, 6.07) is 7.78. The number of nitrogens with zero attached hydrogens (tertiary/aromatic N) is 3. The van der Waals surface area contributed by atoms with Crippen molar-refractivity contribution >= 4 is 17.5 Å². The van der Waals surface area contributed by atoms with E-state index in [-0.39, 0.29) is 5.91 Å². The third kappa shape index (κ3) is 5.97. The number of likely N-dealkylation sites (tertiary alicyclic amines) is 1. The molecular formula is C22H31ClN4O2. The molecule has 1 aliphatic rings.